The number of fused-ring (bicyclic) bond motifs is 2. The van der Waals surface area contributed by atoms with Gasteiger partial charge in [0.1, 0.15) is 23.9 Å². The molecule has 1 amide bonds. The van der Waals surface area contributed by atoms with Gasteiger partial charge in [0.15, 0.2) is 5.60 Å². The number of benzene rings is 2. The van der Waals surface area contributed by atoms with Crippen LogP contribution in [-0.2, 0) is 21.6 Å². The summed E-state index contributed by atoms with van der Waals surface area (Å²) >= 11 is 6.59. The number of hydrogen-bond acceptors (Lipinski definition) is 6. The Bertz CT molecular complexity index is 1260. The first-order valence-electron chi connectivity index (χ1n) is 12.9. The van der Waals surface area contributed by atoms with Crippen LogP contribution in [0.3, 0.4) is 0 Å². The largest absolute Gasteiger partial charge is 0.480 e. The van der Waals surface area contributed by atoms with Crippen molar-refractivity contribution in [3.05, 3.63) is 76.3 Å². The van der Waals surface area contributed by atoms with E-state index < -0.39 is 41.5 Å². The van der Waals surface area contributed by atoms with Gasteiger partial charge in [0.05, 0.1) is 17.0 Å². The number of carbonyl (C=O) groups excluding carboxylic acids is 1. The van der Waals surface area contributed by atoms with Crippen molar-refractivity contribution < 1.29 is 23.0 Å². The molecule has 4 aliphatic rings. The Morgan fingerprint density at radius 3 is 2.82 bits per heavy atom. The molecule has 1 saturated carbocycles. The van der Waals surface area contributed by atoms with Crippen molar-refractivity contribution in [3.63, 3.8) is 0 Å². The minimum absolute atomic E-state index is 0.190. The van der Waals surface area contributed by atoms with Crippen LogP contribution in [0.25, 0.3) is 0 Å². The van der Waals surface area contributed by atoms with Gasteiger partial charge in [0.2, 0.25) is 5.91 Å². The lowest BCUT2D eigenvalue weighted by Gasteiger charge is -2.43. The van der Waals surface area contributed by atoms with Gasteiger partial charge in [-0.15, -0.1) is 0 Å². The highest BCUT2D eigenvalue weighted by molar-refractivity contribution is 6.31. The van der Waals surface area contributed by atoms with Crippen LogP contribution in [0.2, 0.25) is 5.02 Å². The molecule has 1 saturated heterocycles. The topological polar surface area (TPSA) is 88.8 Å². The van der Waals surface area contributed by atoms with Crippen LogP contribution in [0, 0.1) is 11.7 Å². The second kappa shape index (κ2) is 9.70. The SMILES string of the molecule is COC1CC(NC[C@@]2(c3ccccc3)Cc3c(cc(F)c(Cl)c3C3C(C(N)=O)CN4C=CNC4C3F)O2)C1. The van der Waals surface area contributed by atoms with E-state index in [0.29, 0.717) is 24.3 Å². The normalized spacial score (nSPS) is 33.2. The zero-order valence-electron chi connectivity index (χ0n) is 21.0. The number of alkyl halides is 1. The third kappa shape index (κ3) is 4.12. The van der Waals surface area contributed by atoms with Crippen molar-refractivity contribution in [1.29, 1.82) is 0 Å². The second-order valence-corrected chi connectivity index (χ2v) is 11.1. The predicted octanol–water partition coefficient (Wildman–Crippen LogP) is 3.32. The lowest BCUT2D eigenvalue weighted by Crippen LogP contribution is -2.57. The van der Waals surface area contributed by atoms with E-state index in [0.717, 1.165) is 18.4 Å². The van der Waals surface area contributed by atoms with E-state index in [1.165, 1.54) is 6.07 Å². The number of primary amides is 1. The summed E-state index contributed by atoms with van der Waals surface area (Å²) in [5, 5.41) is 6.39. The van der Waals surface area contributed by atoms with Gasteiger partial charge in [-0.3, -0.25) is 4.79 Å². The maximum absolute atomic E-state index is 16.2. The summed E-state index contributed by atoms with van der Waals surface area (Å²) < 4.78 is 43.5. The molecule has 0 bridgehead atoms. The maximum atomic E-state index is 16.2. The number of rotatable bonds is 7. The van der Waals surface area contributed by atoms with Crippen molar-refractivity contribution in [1.82, 2.24) is 15.5 Å². The van der Waals surface area contributed by atoms with Crippen molar-refractivity contribution in [3.8, 4) is 5.75 Å². The molecular weight excluding hydrogens is 514 g/mol. The van der Waals surface area contributed by atoms with Gasteiger partial charge in [0, 0.05) is 62.6 Å². The van der Waals surface area contributed by atoms with E-state index in [1.807, 2.05) is 30.3 Å². The fraction of sp³-hybridized carbons (Fsp3) is 0.464. The van der Waals surface area contributed by atoms with Gasteiger partial charge in [-0.05, 0) is 24.0 Å². The molecule has 1 aliphatic carbocycles. The Labute approximate surface area is 225 Å². The van der Waals surface area contributed by atoms with E-state index >= 15 is 8.78 Å². The van der Waals surface area contributed by atoms with Crippen molar-refractivity contribution in [2.24, 2.45) is 11.7 Å². The summed E-state index contributed by atoms with van der Waals surface area (Å²) in [7, 11) is 1.71. The van der Waals surface area contributed by atoms with Crippen LogP contribution in [-0.4, -0.2) is 55.5 Å². The van der Waals surface area contributed by atoms with Crippen LogP contribution in [0.4, 0.5) is 8.78 Å². The van der Waals surface area contributed by atoms with Crippen LogP contribution >= 0.6 is 11.6 Å². The average Bonchev–Trinajstić information content (AvgIpc) is 3.51. The third-order valence-corrected chi connectivity index (χ3v) is 8.96. The highest BCUT2D eigenvalue weighted by Gasteiger charge is 2.52. The number of halogens is 3. The lowest BCUT2D eigenvalue weighted by atomic mass is 9.74. The summed E-state index contributed by atoms with van der Waals surface area (Å²) in [6.45, 7) is 0.654. The summed E-state index contributed by atoms with van der Waals surface area (Å²) in [5.41, 5.74) is 6.71. The Balaban J connectivity index is 1.40. The molecule has 6 rings (SSSR count). The number of amides is 1. The van der Waals surface area contributed by atoms with Crippen LogP contribution < -0.4 is 21.1 Å². The monoisotopic (exact) mass is 544 g/mol. The van der Waals surface area contributed by atoms with Crippen molar-refractivity contribution >= 4 is 17.5 Å². The number of nitrogens with one attached hydrogen (secondary N) is 2. The molecule has 4 N–H and O–H groups in total. The first-order valence-corrected chi connectivity index (χ1v) is 13.3. The Morgan fingerprint density at radius 1 is 1.34 bits per heavy atom. The van der Waals surface area contributed by atoms with Gasteiger partial charge in [-0.2, -0.15) is 0 Å². The van der Waals surface area contributed by atoms with E-state index in [1.54, 1.807) is 24.4 Å². The molecule has 2 fully saturated rings. The highest BCUT2D eigenvalue weighted by atomic mass is 35.5. The van der Waals surface area contributed by atoms with E-state index in [-0.39, 0.29) is 29.3 Å². The first kappa shape index (κ1) is 25.4. The Morgan fingerprint density at radius 2 is 2.11 bits per heavy atom. The predicted molar refractivity (Wildman–Crippen MR) is 139 cm³/mol. The van der Waals surface area contributed by atoms with Crippen LogP contribution in [0.5, 0.6) is 5.75 Å². The van der Waals surface area contributed by atoms with E-state index in [4.69, 9.17) is 26.8 Å². The number of nitrogens with zero attached hydrogens (tertiary/aromatic N) is 1. The summed E-state index contributed by atoms with van der Waals surface area (Å²) in [6.07, 6.45) is 3.44. The fourth-order valence-corrected chi connectivity index (χ4v) is 6.71. The zero-order valence-corrected chi connectivity index (χ0v) is 21.8. The lowest BCUT2D eigenvalue weighted by molar-refractivity contribution is -0.126. The van der Waals surface area contributed by atoms with Gasteiger partial charge in [-0.1, -0.05) is 41.9 Å². The van der Waals surface area contributed by atoms with Crippen molar-refractivity contribution in [2.45, 2.75) is 55.3 Å². The van der Waals surface area contributed by atoms with Crippen molar-refractivity contribution in [2.75, 3.05) is 20.2 Å². The second-order valence-electron chi connectivity index (χ2n) is 10.7. The zero-order chi connectivity index (χ0) is 26.6. The van der Waals surface area contributed by atoms with Gasteiger partial charge >= 0.3 is 0 Å². The molecule has 10 heteroatoms. The summed E-state index contributed by atoms with van der Waals surface area (Å²) in [5.74, 6) is -2.99. The number of carbonyl (C=O) groups is 1. The molecule has 0 aromatic heterocycles. The number of methoxy groups -OCH3 is 1. The minimum Gasteiger partial charge on any atom is -0.480 e. The number of piperidine rings is 1. The number of hydrogen-bond donors (Lipinski definition) is 3. The van der Waals surface area contributed by atoms with Gasteiger partial charge in [0.25, 0.3) is 0 Å². The highest BCUT2D eigenvalue weighted by Crippen LogP contribution is 2.51. The molecule has 38 heavy (non-hydrogen) atoms. The molecule has 0 radical (unpaired) electrons. The Hall–Kier alpha value is -2.88. The number of ether oxygens (including phenoxy) is 2. The molecule has 2 aromatic carbocycles. The van der Waals surface area contributed by atoms with E-state index in [9.17, 15) is 4.79 Å². The average molecular weight is 545 g/mol. The van der Waals surface area contributed by atoms with Gasteiger partial charge < -0.3 is 30.7 Å². The van der Waals surface area contributed by atoms with Crippen LogP contribution in [0.1, 0.15) is 35.4 Å². The molecule has 5 atom stereocenters. The maximum Gasteiger partial charge on any atom is 0.223 e. The summed E-state index contributed by atoms with van der Waals surface area (Å²) in [6, 6.07) is 11.3. The molecule has 3 heterocycles. The fourth-order valence-electron chi connectivity index (χ4n) is 6.41. The Kier molecular flexibility index (Phi) is 6.48. The molecule has 7 nitrogen and oxygen atoms in total. The molecule has 202 valence electrons. The molecule has 2 aromatic rings. The van der Waals surface area contributed by atoms with Crippen LogP contribution in [0.15, 0.2) is 48.8 Å². The number of nitrogens with two attached hydrogens (primary N) is 1. The van der Waals surface area contributed by atoms with E-state index in [2.05, 4.69) is 10.6 Å². The smallest absolute Gasteiger partial charge is 0.223 e. The first-order chi connectivity index (χ1) is 18.3. The minimum atomic E-state index is -1.56. The van der Waals surface area contributed by atoms with Gasteiger partial charge in [-0.25, -0.2) is 8.78 Å². The third-order valence-electron chi connectivity index (χ3n) is 8.57. The summed E-state index contributed by atoms with van der Waals surface area (Å²) in [4.78, 5) is 14.3. The molecule has 4 unspecified atom stereocenters. The quantitative estimate of drug-likeness (QED) is 0.496. The molecular formula is C28H31ClF2N4O3. The molecule has 3 aliphatic heterocycles. The standard InChI is InChI=1S/C28H31ClF2N4O3/c1-37-17-9-16(10-17)34-14-28(15-5-3-2-4-6-15)12-18-21(38-28)11-20(30)24(29)22(18)23-19(26(32)36)13-35-8-7-33-27(35)25(23)31/h2-8,11,16-17,19,23,25,27,33-34H,9-10,12-14H2,1H3,(H2,32,36)/t16?,17?,19?,23?,25?,27?,28-/m1/s1. The molecule has 0 spiro atoms.